The molecule has 0 spiro atoms. The lowest BCUT2D eigenvalue weighted by Crippen LogP contribution is -2.13. The number of carbonyl (C=O) groups excluding carboxylic acids is 1. The summed E-state index contributed by atoms with van der Waals surface area (Å²) in [5, 5.41) is 11.6. The van der Waals surface area contributed by atoms with Gasteiger partial charge in [-0.3, -0.25) is 4.79 Å². The molecule has 0 saturated heterocycles. The molecule has 0 atom stereocenters. The molecule has 0 radical (unpaired) electrons. The third-order valence-corrected chi connectivity index (χ3v) is 2.81. The van der Waals surface area contributed by atoms with Gasteiger partial charge in [0.05, 0.1) is 0 Å². The maximum atomic E-state index is 11.7. The van der Waals surface area contributed by atoms with Crippen LogP contribution in [0.25, 0.3) is 0 Å². The zero-order chi connectivity index (χ0) is 11.3. The van der Waals surface area contributed by atoms with Gasteiger partial charge in [-0.05, 0) is 36.9 Å². The van der Waals surface area contributed by atoms with Crippen molar-refractivity contribution in [1.82, 2.24) is 0 Å². The van der Waals surface area contributed by atoms with Crippen LogP contribution in [-0.4, -0.2) is 23.0 Å². The third-order valence-electron chi connectivity index (χ3n) is 2.07. The van der Waals surface area contributed by atoms with E-state index in [0.717, 1.165) is 4.90 Å². The molecule has 0 heterocycles. The molecule has 1 aromatic rings. The van der Waals surface area contributed by atoms with Crippen molar-refractivity contribution >= 4 is 23.3 Å². The summed E-state index contributed by atoms with van der Waals surface area (Å²) in [6, 6.07) is 7.25. The second-order valence-corrected chi connectivity index (χ2v) is 3.84. The first-order chi connectivity index (χ1) is 7.22. The van der Waals surface area contributed by atoms with Crippen LogP contribution >= 0.6 is 11.8 Å². The van der Waals surface area contributed by atoms with Gasteiger partial charge in [0.1, 0.15) is 5.71 Å². The first-order valence-electron chi connectivity index (χ1n) is 4.62. The van der Waals surface area contributed by atoms with E-state index in [1.165, 1.54) is 0 Å². The van der Waals surface area contributed by atoms with Gasteiger partial charge in [-0.1, -0.05) is 12.1 Å². The number of Topliss-reactive ketones (excluding diaryl/α,β-unsaturated/α-hetero) is 1. The fourth-order valence-electron chi connectivity index (χ4n) is 1.19. The predicted octanol–water partition coefficient (Wildman–Crippen LogP) is 2.83. The number of oxime groups is 1. The number of thioether (sulfide) groups is 1. The van der Waals surface area contributed by atoms with E-state index in [1.54, 1.807) is 30.8 Å². The van der Waals surface area contributed by atoms with Crippen LogP contribution in [0.5, 0.6) is 0 Å². The van der Waals surface area contributed by atoms with E-state index in [9.17, 15) is 4.79 Å². The Hall–Kier alpha value is -1.29. The summed E-state index contributed by atoms with van der Waals surface area (Å²) in [5.74, 6) is -0.215. The zero-order valence-corrected chi connectivity index (χ0v) is 9.54. The van der Waals surface area contributed by atoms with Crippen molar-refractivity contribution in [2.45, 2.75) is 18.2 Å². The maximum Gasteiger partial charge on any atom is 0.210 e. The highest BCUT2D eigenvalue weighted by Gasteiger charge is 2.12. The molecule has 1 aromatic carbocycles. The molecule has 1 rings (SSSR count). The first kappa shape index (κ1) is 11.8. The Kier molecular flexibility index (Phi) is 4.37. The lowest BCUT2D eigenvalue weighted by Gasteiger charge is -2.01. The van der Waals surface area contributed by atoms with Crippen molar-refractivity contribution in [3.8, 4) is 0 Å². The summed E-state index contributed by atoms with van der Waals surface area (Å²) >= 11 is 1.62. The number of ketones is 1. The number of carbonyl (C=O) groups is 1. The number of benzene rings is 1. The summed E-state index contributed by atoms with van der Waals surface area (Å²) in [4.78, 5) is 12.8. The molecule has 0 aliphatic carbocycles. The van der Waals surface area contributed by atoms with Gasteiger partial charge < -0.3 is 5.21 Å². The van der Waals surface area contributed by atoms with Gasteiger partial charge in [0.15, 0.2) is 0 Å². The van der Waals surface area contributed by atoms with Crippen LogP contribution in [0, 0.1) is 0 Å². The van der Waals surface area contributed by atoms with Crippen molar-refractivity contribution in [1.29, 1.82) is 0 Å². The molecule has 3 nitrogen and oxygen atoms in total. The molecule has 80 valence electrons. The minimum Gasteiger partial charge on any atom is -0.411 e. The van der Waals surface area contributed by atoms with Crippen LogP contribution in [0.15, 0.2) is 34.3 Å². The summed E-state index contributed by atoms with van der Waals surface area (Å²) in [6.45, 7) is 1.78. The van der Waals surface area contributed by atoms with Crippen molar-refractivity contribution in [3.63, 3.8) is 0 Å². The van der Waals surface area contributed by atoms with E-state index in [1.807, 2.05) is 18.4 Å². The summed E-state index contributed by atoms with van der Waals surface area (Å²) in [7, 11) is 0. The second-order valence-electron chi connectivity index (χ2n) is 2.96. The smallest absolute Gasteiger partial charge is 0.210 e. The normalized spacial score (nSPS) is 11.5. The SMILES string of the molecule is CCC(=NO)C(=O)c1ccc(SC)cc1. The minimum absolute atomic E-state index is 0.187. The highest BCUT2D eigenvalue weighted by atomic mass is 32.2. The Morgan fingerprint density at radius 3 is 2.40 bits per heavy atom. The average molecular weight is 223 g/mol. The largest absolute Gasteiger partial charge is 0.411 e. The molecule has 0 aromatic heterocycles. The van der Waals surface area contributed by atoms with E-state index in [2.05, 4.69) is 5.16 Å². The average Bonchev–Trinajstić information content (AvgIpc) is 2.30. The van der Waals surface area contributed by atoms with E-state index < -0.39 is 0 Å². The first-order valence-corrected chi connectivity index (χ1v) is 5.85. The van der Waals surface area contributed by atoms with E-state index in [-0.39, 0.29) is 11.5 Å². The number of rotatable bonds is 4. The van der Waals surface area contributed by atoms with E-state index in [4.69, 9.17) is 5.21 Å². The molecule has 0 aliphatic heterocycles. The highest BCUT2D eigenvalue weighted by Crippen LogP contribution is 2.15. The summed E-state index contributed by atoms with van der Waals surface area (Å²) in [6.07, 6.45) is 2.41. The minimum atomic E-state index is -0.215. The van der Waals surface area contributed by atoms with Crippen molar-refractivity contribution < 1.29 is 10.0 Å². The van der Waals surface area contributed by atoms with Crippen molar-refractivity contribution in [2.75, 3.05) is 6.26 Å². The number of hydrogen-bond acceptors (Lipinski definition) is 4. The molecule has 0 aliphatic rings. The zero-order valence-electron chi connectivity index (χ0n) is 8.73. The molecule has 0 amide bonds. The van der Waals surface area contributed by atoms with Crippen molar-refractivity contribution in [2.24, 2.45) is 5.16 Å². The molecule has 4 heteroatoms. The molecular weight excluding hydrogens is 210 g/mol. The standard InChI is InChI=1S/C11H13NO2S/c1-3-10(12-14)11(13)8-4-6-9(15-2)7-5-8/h4-7,14H,3H2,1-2H3. The van der Waals surface area contributed by atoms with Crippen LogP contribution in [0.3, 0.4) is 0 Å². The molecule has 0 unspecified atom stereocenters. The summed E-state index contributed by atoms with van der Waals surface area (Å²) in [5.41, 5.74) is 0.745. The fourth-order valence-corrected chi connectivity index (χ4v) is 1.59. The Morgan fingerprint density at radius 1 is 1.40 bits per heavy atom. The van der Waals surface area contributed by atoms with Gasteiger partial charge in [0.2, 0.25) is 5.78 Å². The lowest BCUT2D eigenvalue weighted by molar-refractivity contribution is 0.106. The summed E-state index contributed by atoms with van der Waals surface area (Å²) < 4.78 is 0. The monoisotopic (exact) mass is 223 g/mol. The van der Waals surface area contributed by atoms with Gasteiger partial charge in [0.25, 0.3) is 0 Å². The second kappa shape index (κ2) is 5.56. The highest BCUT2D eigenvalue weighted by molar-refractivity contribution is 7.98. The molecule has 1 N–H and O–H groups in total. The quantitative estimate of drug-likeness (QED) is 0.281. The molecule has 0 saturated carbocycles. The number of nitrogens with zero attached hydrogens (tertiary/aromatic N) is 1. The van der Waals surface area contributed by atoms with Crippen LogP contribution in [-0.2, 0) is 0 Å². The molecule has 15 heavy (non-hydrogen) atoms. The Labute approximate surface area is 93.2 Å². The Morgan fingerprint density at radius 2 is 2.00 bits per heavy atom. The molecule has 0 bridgehead atoms. The van der Waals surface area contributed by atoms with Crippen LogP contribution in [0.1, 0.15) is 23.7 Å². The molecule has 0 fully saturated rings. The van der Waals surface area contributed by atoms with Gasteiger partial charge >= 0.3 is 0 Å². The molecular formula is C11H13NO2S. The lowest BCUT2D eigenvalue weighted by atomic mass is 10.1. The topological polar surface area (TPSA) is 49.7 Å². The Bertz CT molecular complexity index is 371. The van der Waals surface area contributed by atoms with Crippen molar-refractivity contribution in [3.05, 3.63) is 29.8 Å². The van der Waals surface area contributed by atoms with E-state index >= 15 is 0 Å². The van der Waals surface area contributed by atoms with Gasteiger partial charge in [-0.2, -0.15) is 0 Å². The maximum absolute atomic E-state index is 11.7. The third kappa shape index (κ3) is 2.83. The fraction of sp³-hybridized carbons (Fsp3) is 0.273. The van der Waals surface area contributed by atoms with Crippen LogP contribution < -0.4 is 0 Å². The van der Waals surface area contributed by atoms with Gasteiger partial charge in [-0.25, -0.2) is 0 Å². The van der Waals surface area contributed by atoms with Gasteiger partial charge in [0, 0.05) is 10.5 Å². The predicted molar refractivity (Wildman–Crippen MR) is 62.1 cm³/mol. The van der Waals surface area contributed by atoms with Crippen LogP contribution in [0.2, 0.25) is 0 Å². The van der Waals surface area contributed by atoms with Crippen LogP contribution in [0.4, 0.5) is 0 Å². The number of hydrogen-bond donors (Lipinski definition) is 1. The Balaban J connectivity index is 2.92. The van der Waals surface area contributed by atoms with Gasteiger partial charge in [-0.15, -0.1) is 11.8 Å². The van der Waals surface area contributed by atoms with E-state index in [0.29, 0.717) is 12.0 Å².